The van der Waals surface area contributed by atoms with E-state index in [1.165, 1.54) is 6.42 Å². The van der Waals surface area contributed by atoms with Gasteiger partial charge in [0.25, 0.3) is 0 Å². The Labute approximate surface area is 114 Å². The fraction of sp³-hybridized carbons (Fsp3) is 0.714. The van der Waals surface area contributed by atoms with Crippen molar-refractivity contribution in [2.75, 3.05) is 7.05 Å². The van der Waals surface area contributed by atoms with Gasteiger partial charge in [0.2, 0.25) is 5.91 Å². The van der Waals surface area contributed by atoms with Crippen molar-refractivity contribution in [2.45, 2.75) is 44.7 Å². The third-order valence-electron chi connectivity index (χ3n) is 3.98. The van der Waals surface area contributed by atoms with Gasteiger partial charge in [-0.15, -0.1) is 0 Å². The van der Waals surface area contributed by atoms with Gasteiger partial charge in [0.05, 0.1) is 11.7 Å². The minimum atomic E-state index is -0.672. The minimum absolute atomic E-state index is 0.0582. The van der Waals surface area contributed by atoms with Crippen LogP contribution < -0.4 is 5.73 Å². The van der Waals surface area contributed by atoms with Gasteiger partial charge in [0.15, 0.2) is 0 Å². The van der Waals surface area contributed by atoms with E-state index < -0.39 is 5.54 Å². The Kier molecular flexibility index (Phi) is 3.94. The predicted octanol–water partition coefficient (Wildman–Crippen LogP) is 1.29. The van der Waals surface area contributed by atoms with Crippen LogP contribution in [0.4, 0.5) is 0 Å². The Morgan fingerprint density at radius 1 is 1.68 bits per heavy atom. The number of nitrogens with two attached hydrogens (primary N) is 1. The monoisotopic (exact) mass is 264 g/mol. The van der Waals surface area contributed by atoms with Crippen LogP contribution in [0.15, 0.2) is 12.4 Å². The highest BCUT2D eigenvalue weighted by molar-refractivity contribution is 5.86. The Morgan fingerprint density at radius 3 is 3.00 bits per heavy atom. The first-order chi connectivity index (χ1) is 8.90. The molecule has 0 radical (unpaired) electrons. The highest BCUT2D eigenvalue weighted by Gasteiger charge is 2.39. The molecule has 1 saturated carbocycles. The summed E-state index contributed by atoms with van der Waals surface area (Å²) < 4.78 is 1.74. The quantitative estimate of drug-likeness (QED) is 0.894. The molecule has 1 fully saturated rings. The van der Waals surface area contributed by atoms with Crippen LogP contribution in [0.3, 0.4) is 0 Å². The van der Waals surface area contributed by atoms with Crippen molar-refractivity contribution in [3.05, 3.63) is 18.0 Å². The number of carbonyl (C=O) groups excluding carboxylic acids is 1. The van der Waals surface area contributed by atoms with Gasteiger partial charge in [0, 0.05) is 32.4 Å². The van der Waals surface area contributed by atoms with Crippen molar-refractivity contribution >= 4 is 5.91 Å². The summed E-state index contributed by atoms with van der Waals surface area (Å²) in [7, 11) is 3.70. The highest BCUT2D eigenvalue weighted by Crippen LogP contribution is 2.31. The van der Waals surface area contributed by atoms with Crippen LogP contribution in [0.2, 0.25) is 0 Å². The first kappa shape index (κ1) is 14.1. The maximum absolute atomic E-state index is 12.6. The smallest absolute Gasteiger partial charge is 0.242 e. The first-order valence-electron chi connectivity index (χ1n) is 6.93. The molecule has 19 heavy (non-hydrogen) atoms. The molecule has 5 heteroatoms. The fourth-order valence-electron chi connectivity index (χ4n) is 3.07. The molecule has 0 bridgehead atoms. The van der Waals surface area contributed by atoms with Crippen molar-refractivity contribution in [3.63, 3.8) is 0 Å². The lowest BCUT2D eigenvalue weighted by Gasteiger charge is -2.38. The van der Waals surface area contributed by atoms with Gasteiger partial charge in [-0.2, -0.15) is 5.10 Å². The van der Waals surface area contributed by atoms with E-state index in [0.29, 0.717) is 12.5 Å². The zero-order valence-electron chi connectivity index (χ0n) is 12.1. The lowest BCUT2D eigenvalue weighted by molar-refractivity contribution is -0.138. The Hall–Kier alpha value is -1.36. The standard InChI is InChI=1S/C14H24N4O/c1-11-5-4-6-14(15,7-11)13(19)17(2)9-12-8-16-18(3)10-12/h8,10-11H,4-7,9,15H2,1-3H3. The zero-order valence-corrected chi connectivity index (χ0v) is 12.1. The lowest BCUT2D eigenvalue weighted by atomic mass is 9.76. The number of nitrogens with zero attached hydrogens (tertiary/aromatic N) is 3. The number of likely N-dealkylation sites (N-methyl/N-ethyl adjacent to an activating group) is 1. The molecule has 106 valence electrons. The third-order valence-corrected chi connectivity index (χ3v) is 3.98. The lowest BCUT2D eigenvalue weighted by Crippen LogP contribution is -2.56. The number of amides is 1. The van der Waals surface area contributed by atoms with Crippen LogP contribution in [0, 0.1) is 5.92 Å². The largest absolute Gasteiger partial charge is 0.340 e. The summed E-state index contributed by atoms with van der Waals surface area (Å²) in [6, 6.07) is 0. The Bertz CT molecular complexity index is 456. The molecule has 1 amide bonds. The third kappa shape index (κ3) is 3.15. The molecule has 2 unspecified atom stereocenters. The van der Waals surface area contributed by atoms with Crippen LogP contribution in [0.5, 0.6) is 0 Å². The van der Waals surface area contributed by atoms with Crippen LogP contribution in [-0.2, 0) is 18.4 Å². The molecule has 1 aliphatic carbocycles. The van der Waals surface area contributed by atoms with Gasteiger partial charge < -0.3 is 10.6 Å². The van der Waals surface area contributed by atoms with Crippen molar-refractivity contribution in [2.24, 2.45) is 18.7 Å². The van der Waals surface area contributed by atoms with E-state index in [-0.39, 0.29) is 5.91 Å². The molecule has 2 atom stereocenters. The zero-order chi connectivity index (χ0) is 14.0. The van der Waals surface area contributed by atoms with Crippen molar-refractivity contribution in [3.8, 4) is 0 Å². The Morgan fingerprint density at radius 2 is 2.42 bits per heavy atom. The summed E-state index contributed by atoms with van der Waals surface area (Å²) in [6.45, 7) is 2.75. The maximum atomic E-state index is 12.6. The molecule has 2 rings (SSSR count). The molecule has 0 saturated heterocycles. The molecule has 0 spiro atoms. The molecule has 2 N–H and O–H groups in total. The number of aromatic nitrogens is 2. The summed E-state index contributed by atoms with van der Waals surface area (Å²) in [5, 5.41) is 4.12. The summed E-state index contributed by atoms with van der Waals surface area (Å²) in [5.41, 5.74) is 6.70. The normalized spacial score (nSPS) is 27.3. The van der Waals surface area contributed by atoms with E-state index in [4.69, 9.17) is 5.73 Å². The van der Waals surface area contributed by atoms with Gasteiger partial charge in [-0.1, -0.05) is 19.8 Å². The number of hydrogen-bond acceptors (Lipinski definition) is 3. The molecular formula is C14H24N4O. The molecule has 0 aliphatic heterocycles. The number of carbonyl (C=O) groups is 1. The molecule has 1 aliphatic rings. The van der Waals surface area contributed by atoms with E-state index >= 15 is 0 Å². The SMILES string of the molecule is CC1CCCC(N)(C(=O)N(C)Cc2cnn(C)c2)C1. The second-order valence-electron chi connectivity index (χ2n) is 6.04. The van der Waals surface area contributed by atoms with E-state index in [1.807, 2.05) is 20.3 Å². The average molecular weight is 264 g/mol. The van der Waals surface area contributed by atoms with E-state index in [0.717, 1.165) is 24.8 Å². The molecule has 0 aromatic carbocycles. The van der Waals surface area contributed by atoms with Gasteiger partial charge in [0.1, 0.15) is 0 Å². The van der Waals surface area contributed by atoms with E-state index in [9.17, 15) is 4.79 Å². The van der Waals surface area contributed by atoms with Crippen LogP contribution >= 0.6 is 0 Å². The summed E-state index contributed by atoms with van der Waals surface area (Å²) in [5.74, 6) is 0.595. The fourth-order valence-corrected chi connectivity index (χ4v) is 3.07. The van der Waals surface area contributed by atoms with Gasteiger partial charge in [-0.25, -0.2) is 0 Å². The maximum Gasteiger partial charge on any atom is 0.242 e. The van der Waals surface area contributed by atoms with E-state index in [1.54, 1.807) is 15.8 Å². The van der Waals surface area contributed by atoms with Crippen LogP contribution in [-0.4, -0.2) is 33.2 Å². The van der Waals surface area contributed by atoms with Gasteiger partial charge in [-0.3, -0.25) is 9.48 Å². The number of rotatable bonds is 3. The second-order valence-corrected chi connectivity index (χ2v) is 6.04. The molecule has 1 aromatic heterocycles. The van der Waals surface area contributed by atoms with Crippen molar-refractivity contribution in [1.82, 2.24) is 14.7 Å². The molecule has 1 aromatic rings. The highest BCUT2D eigenvalue weighted by atomic mass is 16.2. The first-order valence-corrected chi connectivity index (χ1v) is 6.93. The van der Waals surface area contributed by atoms with Crippen molar-refractivity contribution < 1.29 is 4.79 Å². The number of hydrogen-bond donors (Lipinski definition) is 1. The second kappa shape index (κ2) is 5.33. The molecule has 1 heterocycles. The molecule has 5 nitrogen and oxygen atoms in total. The average Bonchev–Trinajstić information content (AvgIpc) is 2.73. The molecular weight excluding hydrogens is 240 g/mol. The summed E-state index contributed by atoms with van der Waals surface area (Å²) in [4.78, 5) is 14.3. The van der Waals surface area contributed by atoms with Crippen LogP contribution in [0.25, 0.3) is 0 Å². The predicted molar refractivity (Wildman–Crippen MR) is 74.2 cm³/mol. The van der Waals surface area contributed by atoms with Crippen LogP contribution in [0.1, 0.15) is 38.2 Å². The summed E-state index contributed by atoms with van der Waals surface area (Å²) >= 11 is 0. The van der Waals surface area contributed by atoms with Gasteiger partial charge in [-0.05, 0) is 18.8 Å². The number of aryl methyl sites for hydroxylation is 1. The topological polar surface area (TPSA) is 64.2 Å². The van der Waals surface area contributed by atoms with Crippen molar-refractivity contribution in [1.29, 1.82) is 0 Å². The Balaban J connectivity index is 2.01. The van der Waals surface area contributed by atoms with Gasteiger partial charge >= 0.3 is 0 Å². The minimum Gasteiger partial charge on any atom is -0.340 e. The summed E-state index contributed by atoms with van der Waals surface area (Å²) in [6.07, 6.45) is 7.53. The van der Waals surface area contributed by atoms with E-state index in [2.05, 4.69) is 12.0 Å².